The van der Waals surface area contributed by atoms with E-state index in [4.69, 9.17) is 0 Å². The molecule has 6 rings (SSSR count). The Morgan fingerprint density at radius 3 is 1.05 bits per heavy atom. The number of carbonyl (C=O) groups is 4. The van der Waals surface area contributed by atoms with Crippen LogP contribution < -0.4 is 4.90 Å². The minimum Gasteiger partial charge on any atom is -0.269 e. The topological polar surface area (TPSA) is 74.8 Å². The van der Waals surface area contributed by atoms with Crippen LogP contribution in [0.1, 0.15) is 111 Å². The standard InChI is InChI=1S/C42H32F12N2O4/c1-35(2,3)21-7-9-22(10-8-21)37(39(43,44)45,40(46,47)48)23-11-15-26(16-12-23)55-31(57)27-17-13-24(19-29(27)32(55)58)38(41(49,50)51,42(52,53)54)25-14-18-28-30(20-25)34(60)56(33(28)59)36(4,5)6/h7-20H,1-6H3. The Morgan fingerprint density at radius 2 is 0.667 bits per heavy atom. The Labute approximate surface area is 333 Å². The normalized spacial score (nSPS) is 15.9. The quantitative estimate of drug-likeness (QED) is 0.148. The Bertz CT molecular complexity index is 2400. The summed E-state index contributed by atoms with van der Waals surface area (Å²) in [5, 5.41) is 0. The van der Waals surface area contributed by atoms with E-state index >= 15 is 26.3 Å². The van der Waals surface area contributed by atoms with Gasteiger partial charge < -0.3 is 0 Å². The first-order valence-electron chi connectivity index (χ1n) is 17.8. The molecule has 0 fully saturated rings. The smallest absolute Gasteiger partial charge is 0.269 e. The highest BCUT2D eigenvalue weighted by Gasteiger charge is 2.74. The largest absolute Gasteiger partial charge is 0.411 e. The van der Waals surface area contributed by atoms with Crippen LogP contribution in [0.25, 0.3) is 0 Å². The first-order valence-corrected chi connectivity index (χ1v) is 17.8. The number of imide groups is 2. The first-order chi connectivity index (χ1) is 27.2. The fourth-order valence-corrected chi connectivity index (χ4v) is 7.84. The summed E-state index contributed by atoms with van der Waals surface area (Å²) >= 11 is 0. The zero-order valence-corrected chi connectivity index (χ0v) is 32.1. The number of hydrogen-bond acceptors (Lipinski definition) is 4. The van der Waals surface area contributed by atoms with Crippen molar-refractivity contribution in [1.82, 2.24) is 4.90 Å². The second-order valence-electron chi connectivity index (χ2n) is 16.4. The van der Waals surface area contributed by atoms with Crippen LogP contribution in [0.3, 0.4) is 0 Å². The molecule has 0 saturated heterocycles. The van der Waals surface area contributed by atoms with Crippen LogP contribution in [-0.2, 0) is 16.2 Å². The summed E-state index contributed by atoms with van der Waals surface area (Å²) in [4.78, 5) is 54.2. The van der Waals surface area contributed by atoms with E-state index in [1.165, 1.54) is 20.8 Å². The SMILES string of the molecule is CC(C)(C)c1ccc(C(c2ccc(N3C(=O)c4ccc(C(c5ccc6c(c5)C(=O)N(C(C)(C)C)C6=O)(C(F)(F)F)C(F)(F)F)cc4C3=O)cc2)(C(F)(F)F)C(F)(F)F)cc1. The molecule has 0 unspecified atom stereocenters. The zero-order chi connectivity index (χ0) is 45.1. The van der Waals surface area contributed by atoms with Crippen molar-refractivity contribution in [3.8, 4) is 0 Å². The first kappa shape index (κ1) is 43.9. The van der Waals surface area contributed by atoms with E-state index in [1.54, 1.807) is 20.8 Å². The highest BCUT2D eigenvalue weighted by Crippen LogP contribution is 2.58. The molecule has 18 heteroatoms. The van der Waals surface area contributed by atoms with Gasteiger partial charge in [-0.05, 0) is 90.4 Å². The molecule has 2 aliphatic heterocycles. The molecule has 0 N–H and O–H groups in total. The Morgan fingerprint density at radius 1 is 0.367 bits per heavy atom. The molecule has 0 aliphatic carbocycles. The number of carbonyl (C=O) groups excluding carboxylic acids is 4. The van der Waals surface area contributed by atoms with Gasteiger partial charge >= 0.3 is 24.7 Å². The van der Waals surface area contributed by atoms with Gasteiger partial charge in [0.2, 0.25) is 10.8 Å². The molecule has 0 aromatic heterocycles. The van der Waals surface area contributed by atoms with E-state index < -0.39 is 120 Å². The van der Waals surface area contributed by atoms with Crippen LogP contribution in [0.4, 0.5) is 58.4 Å². The monoisotopic (exact) mass is 856 g/mol. The van der Waals surface area contributed by atoms with Gasteiger partial charge in [-0.15, -0.1) is 0 Å². The minimum atomic E-state index is -6.26. The predicted octanol–water partition coefficient (Wildman–Crippen LogP) is 11.0. The molecule has 6 nitrogen and oxygen atoms in total. The van der Waals surface area contributed by atoms with Crippen molar-refractivity contribution in [2.75, 3.05) is 4.90 Å². The van der Waals surface area contributed by atoms with E-state index in [1.807, 2.05) is 0 Å². The number of fused-ring (bicyclic) bond motifs is 2. The number of benzene rings is 4. The third-order valence-corrected chi connectivity index (χ3v) is 10.8. The van der Waals surface area contributed by atoms with Crippen LogP contribution in [0.2, 0.25) is 0 Å². The molecule has 0 radical (unpaired) electrons. The Kier molecular flexibility index (Phi) is 9.81. The molecular weight excluding hydrogens is 824 g/mol. The summed E-state index contributed by atoms with van der Waals surface area (Å²) in [6.07, 6.45) is -24.6. The predicted molar refractivity (Wildman–Crippen MR) is 192 cm³/mol. The second-order valence-corrected chi connectivity index (χ2v) is 16.4. The number of halogens is 12. The van der Waals surface area contributed by atoms with Crippen molar-refractivity contribution in [3.63, 3.8) is 0 Å². The van der Waals surface area contributed by atoms with Gasteiger partial charge in [-0.1, -0.05) is 69.3 Å². The highest BCUT2D eigenvalue weighted by molar-refractivity contribution is 6.34. The van der Waals surface area contributed by atoms with Crippen LogP contribution in [0.15, 0.2) is 84.9 Å². The molecule has 0 bridgehead atoms. The van der Waals surface area contributed by atoms with Crippen molar-refractivity contribution in [2.45, 2.75) is 88.0 Å². The van der Waals surface area contributed by atoms with E-state index in [-0.39, 0.29) is 23.1 Å². The fraction of sp³-hybridized carbons (Fsp3) is 0.333. The van der Waals surface area contributed by atoms with E-state index in [0.717, 1.165) is 12.1 Å². The third-order valence-electron chi connectivity index (χ3n) is 10.8. The lowest BCUT2D eigenvalue weighted by Crippen LogP contribution is -2.55. The van der Waals surface area contributed by atoms with Crippen LogP contribution in [0.5, 0.6) is 0 Å². The van der Waals surface area contributed by atoms with Crippen molar-refractivity contribution in [2.24, 2.45) is 0 Å². The summed E-state index contributed by atoms with van der Waals surface area (Å²) in [5.41, 5.74) is -20.5. The number of hydrogen-bond donors (Lipinski definition) is 0. The van der Waals surface area contributed by atoms with Gasteiger partial charge in [0.25, 0.3) is 23.6 Å². The Hall–Kier alpha value is -5.68. The number of alkyl halides is 12. The molecular formula is C42H32F12N2O4. The summed E-state index contributed by atoms with van der Waals surface area (Å²) in [6, 6.07) is 7.67. The van der Waals surface area contributed by atoms with E-state index in [9.17, 15) is 45.5 Å². The number of nitrogens with zero attached hydrogens (tertiary/aromatic N) is 2. The lowest BCUT2D eigenvalue weighted by atomic mass is 9.71. The lowest BCUT2D eigenvalue weighted by Gasteiger charge is -2.38. The molecule has 0 spiro atoms. The summed E-state index contributed by atoms with van der Waals surface area (Å²) in [6.45, 7) is 9.30. The lowest BCUT2D eigenvalue weighted by molar-refractivity contribution is -0.290. The molecule has 0 atom stereocenters. The highest BCUT2D eigenvalue weighted by atomic mass is 19.4. The van der Waals surface area contributed by atoms with Crippen molar-refractivity contribution < 1.29 is 71.9 Å². The minimum absolute atomic E-state index is 0.159. The summed E-state index contributed by atoms with van der Waals surface area (Å²) in [7, 11) is 0. The summed E-state index contributed by atoms with van der Waals surface area (Å²) < 4.78 is 180. The molecule has 0 saturated carbocycles. The van der Waals surface area contributed by atoms with Gasteiger partial charge in [0, 0.05) is 5.54 Å². The molecule has 2 heterocycles. The average Bonchev–Trinajstić information content (AvgIpc) is 3.50. The number of rotatable bonds is 5. The van der Waals surface area contributed by atoms with Gasteiger partial charge in [0.05, 0.1) is 27.9 Å². The van der Waals surface area contributed by atoms with Crippen molar-refractivity contribution in [3.05, 3.63) is 135 Å². The van der Waals surface area contributed by atoms with Gasteiger partial charge in [-0.3, -0.25) is 24.1 Å². The van der Waals surface area contributed by atoms with E-state index in [2.05, 4.69) is 0 Å². The zero-order valence-electron chi connectivity index (χ0n) is 32.1. The molecule has 60 heavy (non-hydrogen) atoms. The average molecular weight is 857 g/mol. The number of amides is 4. The molecule has 4 aromatic carbocycles. The van der Waals surface area contributed by atoms with Crippen LogP contribution in [0, 0.1) is 0 Å². The van der Waals surface area contributed by atoms with Gasteiger partial charge in [0.15, 0.2) is 0 Å². The third kappa shape index (κ3) is 6.26. The molecule has 4 aromatic rings. The van der Waals surface area contributed by atoms with Gasteiger partial charge in [0.1, 0.15) is 0 Å². The maximum absolute atomic E-state index is 15.2. The molecule has 2 aliphatic rings. The maximum Gasteiger partial charge on any atom is 0.411 e. The van der Waals surface area contributed by atoms with Crippen LogP contribution >= 0.6 is 0 Å². The molecule has 4 amide bonds. The van der Waals surface area contributed by atoms with Crippen molar-refractivity contribution >= 4 is 29.3 Å². The number of anilines is 1. The van der Waals surface area contributed by atoms with E-state index in [0.29, 0.717) is 65.1 Å². The van der Waals surface area contributed by atoms with Gasteiger partial charge in [-0.25, -0.2) is 4.90 Å². The van der Waals surface area contributed by atoms with Crippen LogP contribution in [-0.4, -0.2) is 58.8 Å². The fourth-order valence-electron chi connectivity index (χ4n) is 7.84. The van der Waals surface area contributed by atoms with Gasteiger partial charge in [-0.2, -0.15) is 52.7 Å². The second kappa shape index (κ2) is 13.4. The Balaban J connectivity index is 1.46. The molecule has 318 valence electrons. The maximum atomic E-state index is 15.2. The summed E-state index contributed by atoms with van der Waals surface area (Å²) in [5.74, 6) is -5.04. The van der Waals surface area contributed by atoms with Crippen molar-refractivity contribution in [1.29, 1.82) is 0 Å².